The lowest BCUT2D eigenvalue weighted by Gasteiger charge is -2.27. The van der Waals surface area contributed by atoms with Crippen molar-refractivity contribution in [2.45, 2.75) is 52.1 Å². The molecule has 1 amide bonds. The van der Waals surface area contributed by atoms with Gasteiger partial charge in [0, 0.05) is 19.8 Å². The van der Waals surface area contributed by atoms with Gasteiger partial charge in [-0.25, -0.2) is 0 Å². The van der Waals surface area contributed by atoms with Crippen LogP contribution in [0.25, 0.3) is 0 Å². The normalized spacial score (nSPS) is 21.2. The minimum absolute atomic E-state index is 0.0155. The fourth-order valence-electron chi connectivity index (χ4n) is 2.03. The van der Waals surface area contributed by atoms with Crippen molar-refractivity contribution in [1.82, 2.24) is 5.32 Å². The summed E-state index contributed by atoms with van der Waals surface area (Å²) < 4.78 is 5.43. The molecule has 1 unspecified atom stereocenters. The van der Waals surface area contributed by atoms with E-state index < -0.39 is 0 Å². The minimum atomic E-state index is -0.252. The maximum absolute atomic E-state index is 11.8. The summed E-state index contributed by atoms with van der Waals surface area (Å²) in [6.45, 7) is 5.76. The maximum Gasteiger partial charge on any atom is 0.249 e. The van der Waals surface area contributed by atoms with E-state index in [-0.39, 0.29) is 24.0 Å². The van der Waals surface area contributed by atoms with Crippen molar-refractivity contribution in [3.8, 4) is 0 Å². The number of hydrogen-bond donors (Lipinski definition) is 2. The molecule has 0 aliphatic carbocycles. The first kappa shape index (κ1) is 14.5. The van der Waals surface area contributed by atoms with Gasteiger partial charge in [0.25, 0.3) is 0 Å². The van der Waals surface area contributed by atoms with Crippen LogP contribution >= 0.6 is 0 Å². The Morgan fingerprint density at radius 1 is 1.47 bits per heavy atom. The summed E-state index contributed by atoms with van der Waals surface area (Å²) >= 11 is 0. The van der Waals surface area contributed by atoms with E-state index in [0.717, 1.165) is 32.1 Å². The molecule has 0 aromatic heterocycles. The molecule has 0 bridgehead atoms. The zero-order chi connectivity index (χ0) is 12.7. The molecule has 4 nitrogen and oxygen atoms in total. The first-order chi connectivity index (χ1) is 8.05. The summed E-state index contributed by atoms with van der Waals surface area (Å²) in [7, 11) is 0. The topological polar surface area (TPSA) is 58.6 Å². The Morgan fingerprint density at radius 2 is 2.24 bits per heavy atom. The van der Waals surface area contributed by atoms with Gasteiger partial charge < -0.3 is 15.2 Å². The van der Waals surface area contributed by atoms with Gasteiger partial charge in [0.05, 0.1) is 0 Å². The summed E-state index contributed by atoms with van der Waals surface area (Å²) in [6, 6.07) is 0. The smallest absolute Gasteiger partial charge is 0.249 e. The van der Waals surface area contributed by atoms with Crippen molar-refractivity contribution in [2.24, 2.45) is 5.41 Å². The summed E-state index contributed by atoms with van der Waals surface area (Å²) in [6.07, 6.45) is 4.41. The zero-order valence-corrected chi connectivity index (χ0v) is 11.0. The number of aliphatic hydroxyl groups is 1. The second-order valence-corrected chi connectivity index (χ2v) is 5.56. The molecule has 17 heavy (non-hydrogen) atoms. The zero-order valence-electron chi connectivity index (χ0n) is 11.0. The van der Waals surface area contributed by atoms with Gasteiger partial charge in [-0.05, 0) is 37.5 Å². The highest BCUT2D eigenvalue weighted by Crippen LogP contribution is 2.21. The standard InChI is InChI=1S/C13H25NO3/c1-13(2,7-5-8-15)10-14-12(16)11-6-3-4-9-17-11/h11,15H,3-10H2,1-2H3,(H,14,16). The van der Waals surface area contributed by atoms with Gasteiger partial charge in [0.15, 0.2) is 0 Å². The first-order valence-corrected chi connectivity index (χ1v) is 6.55. The lowest BCUT2D eigenvalue weighted by atomic mass is 9.88. The number of ether oxygens (including phenoxy) is 1. The van der Waals surface area contributed by atoms with Crippen LogP contribution in [-0.2, 0) is 9.53 Å². The van der Waals surface area contributed by atoms with E-state index >= 15 is 0 Å². The highest BCUT2D eigenvalue weighted by atomic mass is 16.5. The summed E-state index contributed by atoms with van der Waals surface area (Å²) in [5, 5.41) is 11.8. The largest absolute Gasteiger partial charge is 0.396 e. The van der Waals surface area contributed by atoms with Gasteiger partial charge in [-0.1, -0.05) is 13.8 Å². The van der Waals surface area contributed by atoms with E-state index in [9.17, 15) is 4.79 Å². The van der Waals surface area contributed by atoms with Gasteiger partial charge in [-0.3, -0.25) is 4.79 Å². The molecule has 4 heteroatoms. The van der Waals surface area contributed by atoms with E-state index in [2.05, 4.69) is 19.2 Å². The van der Waals surface area contributed by atoms with Crippen molar-refractivity contribution >= 4 is 5.91 Å². The monoisotopic (exact) mass is 243 g/mol. The molecule has 100 valence electrons. The van der Waals surface area contributed by atoms with E-state index in [1.807, 2.05) is 0 Å². The predicted molar refractivity (Wildman–Crippen MR) is 66.7 cm³/mol. The third kappa shape index (κ3) is 5.50. The van der Waals surface area contributed by atoms with Crippen LogP contribution < -0.4 is 5.32 Å². The minimum Gasteiger partial charge on any atom is -0.396 e. The van der Waals surface area contributed by atoms with Gasteiger partial charge >= 0.3 is 0 Å². The average molecular weight is 243 g/mol. The van der Waals surface area contributed by atoms with E-state index in [1.54, 1.807) is 0 Å². The Bertz CT molecular complexity index is 235. The molecule has 2 N–H and O–H groups in total. The molecule has 1 heterocycles. The van der Waals surface area contributed by atoms with Crippen molar-refractivity contribution in [3.63, 3.8) is 0 Å². The molecule has 0 radical (unpaired) electrons. The molecular weight excluding hydrogens is 218 g/mol. The predicted octanol–water partition coefficient (Wildman–Crippen LogP) is 1.47. The Balaban J connectivity index is 2.26. The second-order valence-electron chi connectivity index (χ2n) is 5.56. The first-order valence-electron chi connectivity index (χ1n) is 6.55. The highest BCUT2D eigenvalue weighted by molar-refractivity contribution is 5.80. The number of carbonyl (C=O) groups excluding carboxylic acids is 1. The molecule has 0 aromatic carbocycles. The van der Waals surface area contributed by atoms with Crippen LogP contribution in [0.1, 0.15) is 46.0 Å². The molecule has 1 aliphatic heterocycles. The second kappa shape index (κ2) is 6.97. The van der Waals surface area contributed by atoms with Crippen molar-refractivity contribution in [3.05, 3.63) is 0 Å². The van der Waals surface area contributed by atoms with Crippen molar-refractivity contribution in [2.75, 3.05) is 19.8 Å². The Morgan fingerprint density at radius 3 is 2.82 bits per heavy atom. The molecule has 1 rings (SSSR count). The number of hydrogen-bond acceptors (Lipinski definition) is 3. The van der Waals surface area contributed by atoms with Crippen LogP contribution in [0.2, 0.25) is 0 Å². The quantitative estimate of drug-likeness (QED) is 0.742. The van der Waals surface area contributed by atoms with Crippen LogP contribution in [0.5, 0.6) is 0 Å². The van der Waals surface area contributed by atoms with E-state index in [4.69, 9.17) is 9.84 Å². The fraction of sp³-hybridized carbons (Fsp3) is 0.923. The Labute approximate surface area is 104 Å². The molecule has 1 saturated heterocycles. The number of aliphatic hydroxyl groups excluding tert-OH is 1. The lowest BCUT2D eigenvalue weighted by molar-refractivity contribution is -0.135. The highest BCUT2D eigenvalue weighted by Gasteiger charge is 2.24. The summed E-state index contributed by atoms with van der Waals surface area (Å²) in [5.74, 6) is 0.0155. The molecule has 0 aromatic rings. The Kier molecular flexibility index (Phi) is 5.92. The fourth-order valence-corrected chi connectivity index (χ4v) is 2.03. The number of nitrogens with one attached hydrogen (secondary N) is 1. The molecule has 0 spiro atoms. The molecule has 1 atom stereocenters. The number of carbonyl (C=O) groups is 1. The van der Waals surface area contributed by atoms with Crippen LogP contribution in [0.4, 0.5) is 0 Å². The van der Waals surface area contributed by atoms with Crippen molar-refractivity contribution < 1.29 is 14.6 Å². The van der Waals surface area contributed by atoms with Crippen LogP contribution in [0.3, 0.4) is 0 Å². The van der Waals surface area contributed by atoms with E-state index in [1.165, 1.54) is 0 Å². The average Bonchev–Trinajstić information content (AvgIpc) is 2.35. The maximum atomic E-state index is 11.8. The number of rotatable bonds is 6. The molecule has 1 aliphatic rings. The SMILES string of the molecule is CC(C)(CCCO)CNC(=O)C1CCCCO1. The van der Waals surface area contributed by atoms with E-state index in [0.29, 0.717) is 13.2 Å². The van der Waals surface area contributed by atoms with Crippen LogP contribution in [0, 0.1) is 5.41 Å². The van der Waals surface area contributed by atoms with Crippen molar-refractivity contribution in [1.29, 1.82) is 0 Å². The molecule has 1 fully saturated rings. The number of amides is 1. The summed E-state index contributed by atoms with van der Waals surface area (Å²) in [5.41, 5.74) is 0.0348. The summed E-state index contributed by atoms with van der Waals surface area (Å²) in [4.78, 5) is 11.8. The third-order valence-corrected chi connectivity index (χ3v) is 3.22. The van der Waals surface area contributed by atoms with Gasteiger partial charge in [0.2, 0.25) is 5.91 Å². The third-order valence-electron chi connectivity index (χ3n) is 3.22. The van der Waals surface area contributed by atoms with Crippen LogP contribution in [0.15, 0.2) is 0 Å². The van der Waals surface area contributed by atoms with Gasteiger partial charge in [0.1, 0.15) is 6.10 Å². The van der Waals surface area contributed by atoms with Crippen LogP contribution in [-0.4, -0.2) is 36.9 Å². The lowest BCUT2D eigenvalue weighted by Crippen LogP contribution is -2.42. The molecule has 0 saturated carbocycles. The molecular formula is C13H25NO3. The van der Waals surface area contributed by atoms with Gasteiger partial charge in [-0.2, -0.15) is 0 Å². The Hall–Kier alpha value is -0.610. The van der Waals surface area contributed by atoms with Gasteiger partial charge in [-0.15, -0.1) is 0 Å².